The van der Waals surface area contributed by atoms with Crippen LogP contribution in [0, 0.1) is 13.8 Å². The average Bonchev–Trinajstić information content (AvgIpc) is 2.60. The maximum Gasteiger partial charge on any atom is 0.101 e. The Bertz CT molecular complexity index is 345. The summed E-state index contributed by atoms with van der Waals surface area (Å²) >= 11 is 0. The maximum absolute atomic E-state index is 6.00. The van der Waals surface area contributed by atoms with Gasteiger partial charge in [0.2, 0.25) is 0 Å². The molecule has 1 saturated heterocycles. The summed E-state index contributed by atoms with van der Waals surface area (Å²) < 4.78 is 7.54. The average molecular weight is 195 g/mol. The minimum absolute atomic E-state index is 0.0451. The lowest BCUT2D eigenvalue weighted by atomic mass is 10.0. The van der Waals surface area contributed by atoms with Crippen molar-refractivity contribution in [1.29, 1.82) is 0 Å². The Balaban J connectivity index is 2.39. The van der Waals surface area contributed by atoms with E-state index in [0.29, 0.717) is 0 Å². The number of aryl methyl sites for hydroxylation is 2. The highest BCUT2D eigenvalue weighted by atomic mass is 16.5. The van der Waals surface area contributed by atoms with Gasteiger partial charge in [0.25, 0.3) is 0 Å². The summed E-state index contributed by atoms with van der Waals surface area (Å²) in [5, 5.41) is 4.37. The predicted octanol–water partition coefficient (Wildman–Crippen LogP) is 0.826. The summed E-state index contributed by atoms with van der Waals surface area (Å²) in [7, 11) is 1.95. The van der Waals surface area contributed by atoms with Crippen LogP contribution in [0.1, 0.15) is 29.5 Å². The fraction of sp³-hybridized carbons (Fsp3) is 0.700. The van der Waals surface area contributed by atoms with E-state index >= 15 is 0 Å². The summed E-state index contributed by atoms with van der Waals surface area (Å²) in [5.74, 6) is 0. The summed E-state index contributed by atoms with van der Waals surface area (Å²) in [4.78, 5) is 0. The van der Waals surface area contributed by atoms with Crippen molar-refractivity contribution in [2.24, 2.45) is 12.8 Å². The van der Waals surface area contributed by atoms with E-state index in [9.17, 15) is 0 Å². The van der Waals surface area contributed by atoms with E-state index in [-0.39, 0.29) is 12.1 Å². The molecule has 2 rings (SSSR count). The van der Waals surface area contributed by atoms with Gasteiger partial charge in [0.05, 0.1) is 5.69 Å². The fourth-order valence-corrected chi connectivity index (χ4v) is 2.11. The molecule has 0 radical (unpaired) electrons. The molecule has 0 bridgehead atoms. The number of hydrogen-bond donors (Lipinski definition) is 1. The van der Waals surface area contributed by atoms with Crippen LogP contribution in [0.2, 0.25) is 0 Å². The topological polar surface area (TPSA) is 53.1 Å². The van der Waals surface area contributed by atoms with E-state index in [0.717, 1.165) is 24.4 Å². The zero-order valence-corrected chi connectivity index (χ0v) is 8.95. The molecule has 2 atom stereocenters. The Morgan fingerprint density at radius 3 is 2.64 bits per heavy atom. The fourth-order valence-electron chi connectivity index (χ4n) is 2.11. The van der Waals surface area contributed by atoms with Crippen molar-refractivity contribution in [3.05, 3.63) is 17.0 Å². The van der Waals surface area contributed by atoms with E-state index in [1.807, 2.05) is 18.7 Å². The predicted molar refractivity (Wildman–Crippen MR) is 54.0 cm³/mol. The number of ether oxygens (including phenoxy) is 1. The minimum atomic E-state index is 0.0451. The molecule has 0 aromatic carbocycles. The van der Waals surface area contributed by atoms with Gasteiger partial charge in [-0.15, -0.1) is 0 Å². The normalized spacial score (nSPS) is 27.1. The van der Waals surface area contributed by atoms with Crippen LogP contribution in [0.15, 0.2) is 0 Å². The Kier molecular flexibility index (Phi) is 2.33. The van der Waals surface area contributed by atoms with E-state index in [1.165, 1.54) is 5.56 Å². The molecule has 1 aliphatic heterocycles. The molecule has 1 aromatic heterocycles. The zero-order chi connectivity index (χ0) is 10.3. The first-order valence-electron chi connectivity index (χ1n) is 4.98. The number of rotatable bonds is 1. The lowest BCUT2D eigenvalue weighted by Crippen LogP contribution is -2.24. The largest absolute Gasteiger partial charge is 0.372 e. The van der Waals surface area contributed by atoms with Crippen molar-refractivity contribution in [3.8, 4) is 0 Å². The molecule has 1 aromatic rings. The van der Waals surface area contributed by atoms with Crippen LogP contribution in [0.25, 0.3) is 0 Å². The van der Waals surface area contributed by atoms with Crippen LogP contribution in [0.3, 0.4) is 0 Å². The number of aromatic nitrogens is 2. The van der Waals surface area contributed by atoms with Crippen molar-refractivity contribution >= 4 is 0 Å². The molecule has 0 spiro atoms. The van der Waals surface area contributed by atoms with E-state index in [1.54, 1.807) is 0 Å². The summed E-state index contributed by atoms with van der Waals surface area (Å²) in [6.45, 7) is 4.83. The summed E-state index contributed by atoms with van der Waals surface area (Å²) in [6, 6.07) is 0.122. The molecule has 2 N–H and O–H groups in total. The van der Waals surface area contributed by atoms with Crippen molar-refractivity contribution in [2.45, 2.75) is 32.4 Å². The van der Waals surface area contributed by atoms with Gasteiger partial charge in [-0.1, -0.05) is 0 Å². The molecule has 0 amide bonds. The number of nitrogens with zero attached hydrogens (tertiary/aromatic N) is 2. The molecule has 0 unspecified atom stereocenters. The Labute approximate surface area is 84.0 Å². The molecule has 1 aliphatic rings. The van der Waals surface area contributed by atoms with Crippen molar-refractivity contribution in [2.75, 3.05) is 6.61 Å². The van der Waals surface area contributed by atoms with Gasteiger partial charge in [-0.05, 0) is 20.3 Å². The second-order valence-electron chi connectivity index (χ2n) is 3.95. The third-order valence-electron chi connectivity index (χ3n) is 2.99. The highest BCUT2D eigenvalue weighted by Gasteiger charge is 2.30. The molecule has 0 aliphatic carbocycles. The van der Waals surface area contributed by atoms with Gasteiger partial charge >= 0.3 is 0 Å². The Hall–Kier alpha value is -0.870. The third kappa shape index (κ3) is 1.35. The molecule has 4 heteroatoms. The molecular weight excluding hydrogens is 178 g/mol. The van der Waals surface area contributed by atoms with Gasteiger partial charge in [-0.3, -0.25) is 4.68 Å². The zero-order valence-electron chi connectivity index (χ0n) is 8.95. The first-order valence-corrected chi connectivity index (χ1v) is 4.98. The van der Waals surface area contributed by atoms with E-state index < -0.39 is 0 Å². The molecule has 78 valence electrons. The monoisotopic (exact) mass is 195 g/mol. The standard InChI is InChI=1S/C10H17N3O/c1-6-9(7(2)13(3)12-6)10-8(11)4-5-14-10/h8,10H,4-5,11H2,1-3H3/t8-,10-/m1/s1. The van der Waals surface area contributed by atoms with Crippen molar-refractivity contribution < 1.29 is 4.74 Å². The van der Waals surface area contributed by atoms with Gasteiger partial charge in [0.1, 0.15) is 6.10 Å². The first kappa shape index (κ1) is 9.68. The minimum Gasteiger partial charge on any atom is -0.372 e. The van der Waals surface area contributed by atoms with Crippen LogP contribution in [0.4, 0.5) is 0 Å². The molecular formula is C10H17N3O. The van der Waals surface area contributed by atoms with Crippen LogP contribution in [-0.4, -0.2) is 22.4 Å². The first-order chi connectivity index (χ1) is 6.61. The van der Waals surface area contributed by atoms with Gasteiger partial charge in [-0.25, -0.2) is 0 Å². The second-order valence-corrected chi connectivity index (χ2v) is 3.95. The van der Waals surface area contributed by atoms with Gasteiger partial charge in [0.15, 0.2) is 0 Å². The van der Waals surface area contributed by atoms with Gasteiger partial charge in [0, 0.05) is 31.0 Å². The Morgan fingerprint density at radius 1 is 1.50 bits per heavy atom. The van der Waals surface area contributed by atoms with Crippen LogP contribution < -0.4 is 5.73 Å². The van der Waals surface area contributed by atoms with Gasteiger partial charge < -0.3 is 10.5 Å². The molecule has 4 nitrogen and oxygen atoms in total. The van der Waals surface area contributed by atoms with Crippen LogP contribution >= 0.6 is 0 Å². The second kappa shape index (κ2) is 3.37. The summed E-state index contributed by atoms with van der Waals surface area (Å²) in [5.41, 5.74) is 9.37. The lowest BCUT2D eigenvalue weighted by Gasteiger charge is -2.15. The molecule has 0 saturated carbocycles. The highest BCUT2D eigenvalue weighted by Crippen LogP contribution is 2.31. The number of nitrogens with two attached hydrogens (primary N) is 1. The SMILES string of the molecule is Cc1nn(C)c(C)c1[C@@H]1OCC[C@H]1N. The molecule has 14 heavy (non-hydrogen) atoms. The molecule has 1 fully saturated rings. The quantitative estimate of drug-likeness (QED) is 0.722. The highest BCUT2D eigenvalue weighted by molar-refractivity contribution is 5.28. The van der Waals surface area contributed by atoms with Crippen molar-refractivity contribution in [3.63, 3.8) is 0 Å². The maximum atomic E-state index is 6.00. The van der Waals surface area contributed by atoms with Crippen LogP contribution in [-0.2, 0) is 11.8 Å². The molecule has 2 heterocycles. The third-order valence-corrected chi connectivity index (χ3v) is 2.99. The van der Waals surface area contributed by atoms with Gasteiger partial charge in [-0.2, -0.15) is 5.10 Å². The summed E-state index contributed by atoms with van der Waals surface area (Å²) in [6.07, 6.45) is 0.988. The number of hydrogen-bond acceptors (Lipinski definition) is 3. The van der Waals surface area contributed by atoms with E-state index in [4.69, 9.17) is 10.5 Å². The smallest absolute Gasteiger partial charge is 0.101 e. The lowest BCUT2D eigenvalue weighted by molar-refractivity contribution is 0.104. The Morgan fingerprint density at radius 2 is 2.21 bits per heavy atom. The van der Waals surface area contributed by atoms with Crippen LogP contribution in [0.5, 0.6) is 0 Å². The van der Waals surface area contributed by atoms with Crippen molar-refractivity contribution in [1.82, 2.24) is 9.78 Å². The van der Waals surface area contributed by atoms with E-state index in [2.05, 4.69) is 12.0 Å².